The van der Waals surface area contributed by atoms with E-state index in [1.807, 2.05) is 0 Å². The molecule has 6 rings (SSSR count). The number of carbonyl (C=O) groups excluding carboxylic acids is 2. The van der Waals surface area contributed by atoms with Gasteiger partial charge in [-0.2, -0.15) is 0 Å². The lowest BCUT2D eigenvalue weighted by atomic mass is 9.94. The topological polar surface area (TPSA) is 122 Å². The normalized spacial score (nSPS) is 18.3. The summed E-state index contributed by atoms with van der Waals surface area (Å²) >= 11 is 0. The molecule has 1 N–H and O–H groups in total. The number of aliphatic hydroxyl groups is 1. The molecule has 3 heterocycles. The molecule has 11 nitrogen and oxygen atoms in total. The van der Waals surface area contributed by atoms with Crippen LogP contribution in [0.25, 0.3) is 5.76 Å². The van der Waals surface area contributed by atoms with E-state index in [0.717, 1.165) is 0 Å². The molecule has 1 fully saturated rings. The van der Waals surface area contributed by atoms with Gasteiger partial charge < -0.3 is 43.2 Å². The van der Waals surface area contributed by atoms with Gasteiger partial charge in [0.1, 0.15) is 5.76 Å². The fourth-order valence-electron chi connectivity index (χ4n) is 5.08. The summed E-state index contributed by atoms with van der Waals surface area (Å²) in [5.41, 5.74) is 1.37. The minimum absolute atomic E-state index is 0.0421. The lowest BCUT2D eigenvalue weighted by Crippen LogP contribution is -2.29. The second-order valence-corrected chi connectivity index (χ2v) is 9.14. The van der Waals surface area contributed by atoms with Crippen LogP contribution >= 0.6 is 0 Å². The van der Waals surface area contributed by atoms with Gasteiger partial charge in [-0.25, -0.2) is 0 Å². The van der Waals surface area contributed by atoms with Gasteiger partial charge in [0.25, 0.3) is 11.7 Å². The van der Waals surface area contributed by atoms with Crippen LogP contribution in [0, 0.1) is 0 Å². The quantitative estimate of drug-likeness (QED) is 0.266. The van der Waals surface area contributed by atoms with E-state index < -0.39 is 17.7 Å². The van der Waals surface area contributed by atoms with Crippen LogP contribution in [-0.2, 0) is 16.1 Å². The smallest absolute Gasteiger partial charge is 0.295 e. The first-order chi connectivity index (χ1) is 19.4. The average Bonchev–Trinajstić information content (AvgIpc) is 3.70. The molecule has 0 radical (unpaired) electrons. The van der Waals surface area contributed by atoms with Crippen molar-refractivity contribution in [1.29, 1.82) is 0 Å². The molecule has 3 aromatic carbocycles. The van der Waals surface area contributed by atoms with Crippen LogP contribution in [0.5, 0.6) is 40.2 Å². The molecular weight excluding hydrogens is 522 g/mol. The summed E-state index contributed by atoms with van der Waals surface area (Å²) in [4.78, 5) is 28.5. The summed E-state index contributed by atoms with van der Waals surface area (Å²) < 4.78 is 38.2. The lowest BCUT2D eigenvalue weighted by Gasteiger charge is -2.26. The molecule has 1 amide bonds. The number of fused-ring (bicyclic) bond motifs is 2. The highest BCUT2D eigenvalue weighted by molar-refractivity contribution is 6.46. The number of rotatable bonds is 7. The van der Waals surface area contributed by atoms with E-state index >= 15 is 0 Å². The van der Waals surface area contributed by atoms with Gasteiger partial charge in [-0.3, -0.25) is 9.59 Å². The molecule has 11 heteroatoms. The number of ketones is 1. The van der Waals surface area contributed by atoms with Crippen molar-refractivity contribution < 1.29 is 47.9 Å². The summed E-state index contributed by atoms with van der Waals surface area (Å²) in [6, 6.07) is 12.4. The Bertz CT molecular complexity index is 1540. The van der Waals surface area contributed by atoms with Crippen molar-refractivity contribution in [3.63, 3.8) is 0 Å². The van der Waals surface area contributed by atoms with Crippen molar-refractivity contribution >= 4 is 17.4 Å². The summed E-state index contributed by atoms with van der Waals surface area (Å²) in [5, 5.41) is 11.5. The van der Waals surface area contributed by atoms with E-state index in [1.54, 1.807) is 48.5 Å². The van der Waals surface area contributed by atoms with E-state index in [0.29, 0.717) is 56.9 Å². The molecule has 0 aromatic heterocycles. The number of likely N-dealkylation sites (tertiary alicyclic amines) is 1. The standard InChI is InChI=1S/C29H25NO10/c1-34-22-10-17(11-23(35-2)28(22)36-3)25-24(26(31)16-5-7-19-21(9-16)40-14-38-19)27(32)29(33)30(25)12-15-4-6-18-20(8-15)39-13-37-18/h4-11,25,31H,12-14H2,1-3H3/t25-/m1/s1. The summed E-state index contributed by atoms with van der Waals surface area (Å²) in [5.74, 6) is 1.09. The Morgan fingerprint density at radius 2 is 1.43 bits per heavy atom. The fraction of sp³-hybridized carbons (Fsp3) is 0.241. The maximum absolute atomic E-state index is 13.6. The van der Waals surface area contributed by atoms with Gasteiger partial charge in [-0.1, -0.05) is 6.07 Å². The molecule has 0 unspecified atom stereocenters. The fourth-order valence-corrected chi connectivity index (χ4v) is 5.08. The Kier molecular flexibility index (Phi) is 6.25. The largest absolute Gasteiger partial charge is 0.507 e. The number of benzene rings is 3. The van der Waals surface area contributed by atoms with Crippen LogP contribution < -0.4 is 33.2 Å². The van der Waals surface area contributed by atoms with Crippen molar-refractivity contribution in [3.8, 4) is 40.2 Å². The molecule has 1 atom stereocenters. The van der Waals surface area contributed by atoms with Crippen molar-refractivity contribution in [3.05, 3.63) is 70.8 Å². The highest BCUT2D eigenvalue weighted by Gasteiger charge is 2.47. The van der Waals surface area contributed by atoms with Crippen molar-refractivity contribution in [2.24, 2.45) is 0 Å². The predicted molar refractivity (Wildman–Crippen MR) is 139 cm³/mol. The third kappa shape index (κ3) is 4.06. The molecule has 0 spiro atoms. The van der Waals surface area contributed by atoms with Gasteiger partial charge in [-0.15, -0.1) is 0 Å². The first-order valence-corrected chi connectivity index (χ1v) is 12.3. The summed E-state index contributed by atoms with van der Waals surface area (Å²) in [7, 11) is 4.42. The molecule has 206 valence electrons. The molecule has 3 aliphatic rings. The van der Waals surface area contributed by atoms with Gasteiger partial charge in [-0.05, 0) is 53.6 Å². The molecule has 0 aliphatic carbocycles. The SMILES string of the molecule is COc1cc([C@@H]2C(=C(O)c3ccc4c(c3)OCO4)C(=O)C(=O)N2Cc2ccc3c(c2)OCO3)cc(OC)c1OC. The number of ether oxygens (including phenoxy) is 7. The van der Waals surface area contributed by atoms with Gasteiger partial charge >= 0.3 is 0 Å². The molecule has 40 heavy (non-hydrogen) atoms. The lowest BCUT2D eigenvalue weighted by molar-refractivity contribution is -0.140. The van der Waals surface area contributed by atoms with E-state index in [2.05, 4.69) is 0 Å². The zero-order chi connectivity index (χ0) is 28.0. The van der Waals surface area contributed by atoms with Gasteiger partial charge in [0.2, 0.25) is 19.3 Å². The first kappa shape index (κ1) is 25.2. The van der Waals surface area contributed by atoms with Crippen molar-refractivity contribution in [2.45, 2.75) is 12.6 Å². The van der Waals surface area contributed by atoms with Gasteiger partial charge in [0.05, 0.1) is 32.9 Å². The Hall–Kier alpha value is -5.06. The van der Waals surface area contributed by atoms with E-state index in [4.69, 9.17) is 33.2 Å². The van der Waals surface area contributed by atoms with E-state index in [1.165, 1.54) is 26.2 Å². The monoisotopic (exact) mass is 547 g/mol. The third-order valence-corrected chi connectivity index (χ3v) is 6.98. The number of hydrogen-bond acceptors (Lipinski definition) is 10. The molecule has 0 saturated carbocycles. The number of carbonyl (C=O) groups is 2. The number of methoxy groups -OCH3 is 3. The minimum atomic E-state index is -0.996. The van der Waals surface area contributed by atoms with E-state index in [-0.39, 0.29) is 31.5 Å². The molecule has 3 aromatic rings. The zero-order valence-electron chi connectivity index (χ0n) is 21.9. The zero-order valence-corrected chi connectivity index (χ0v) is 21.9. The predicted octanol–water partition coefficient (Wildman–Crippen LogP) is 3.79. The second kappa shape index (κ2) is 9.92. The maximum atomic E-state index is 13.6. The molecular formula is C29H25NO10. The summed E-state index contributed by atoms with van der Waals surface area (Å²) in [6.07, 6.45) is 0. The van der Waals surface area contributed by atoms with Crippen LogP contribution in [0.3, 0.4) is 0 Å². The first-order valence-electron chi connectivity index (χ1n) is 12.3. The second-order valence-electron chi connectivity index (χ2n) is 9.14. The average molecular weight is 548 g/mol. The molecule has 0 bridgehead atoms. The van der Waals surface area contributed by atoms with Crippen molar-refractivity contribution in [2.75, 3.05) is 34.9 Å². The minimum Gasteiger partial charge on any atom is -0.507 e. The maximum Gasteiger partial charge on any atom is 0.295 e. The highest BCUT2D eigenvalue weighted by atomic mass is 16.7. The summed E-state index contributed by atoms with van der Waals surface area (Å²) in [6.45, 7) is 0.190. The number of Topliss-reactive ketones (excluding diaryl/α,β-unsaturated/α-hetero) is 1. The van der Waals surface area contributed by atoms with Gasteiger partial charge in [0, 0.05) is 12.1 Å². The number of hydrogen-bond donors (Lipinski definition) is 1. The van der Waals surface area contributed by atoms with Crippen LogP contribution in [0.1, 0.15) is 22.7 Å². The van der Waals surface area contributed by atoms with Crippen LogP contribution in [-0.4, -0.2) is 56.6 Å². The van der Waals surface area contributed by atoms with Crippen LogP contribution in [0.15, 0.2) is 54.1 Å². The Labute approximate surface area is 229 Å². The molecule has 3 aliphatic heterocycles. The number of aliphatic hydroxyl groups excluding tert-OH is 1. The van der Waals surface area contributed by atoms with Crippen molar-refractivity contribution in [1.82, 2.24) is 4.90 Å². The number of nitrogens with zero attached hydrogens (tertiary/aromatic N) is 1. The van der Waals surface area contributed by atoms with E-state index in [9.17, 15) is 14.7 Å². The Morgan fingerprint density at radius 3 is 2.05 bits per heavy atom. The highest BCUT2D eigenvalue weighted by Crippen LogP contribution is 2.47. The molecule has 1 saturated heterocycles. The Balaban J connectivity index is 1.51. The van der Waals surface area contributed by atoms with Gasteiger partial charge in [0.15, 0.2) is 34.5 Å². The van der Waals surface area contributed by atoms with Crippen LogP contribution in [0.4, 0.5) is 0 Å². The van der Waals surface area contributed by atoms with Crippen LogP contribution in [0.2, 0.25) is 0 Å². The third-order valence-electron chi connectivity index (χ3n) is 6.98. The Morgan fingerprint density at radius 1 is 0.825 bits per heavy atom. The number of amides is 1.